The molecule has 3 nitrogen and oxygen atoms in total. The van der Waals surface area contributed by atoms with E-state index in [1.165, 1.54) is 0 Å². The summed E-state index contributed by atoms with van der Waals surface area (Å²) in [5.74, 6) is 0.825. The Labute approximate surface area is 74.6 Å². The molecule has 0 aliphatic carbocycles. The zero-order valence-electron chi connectivity index (χ0n) is 8.05. The SMILES string of the molecule is C=C(OCC)N1CCN(C)CC1. The predicted octanol–water partition coefficient (Wildman–Crippen LogP) is 0.742. The first-order chi connectivity index (χ1) is 5.74. The van der Waals surface area contributed by atoms with Gasteiger partial charge in [-0.05, 0) is 20.6 Å². The van der Waals surface area contributed by atoms with E-state index in [9.17, 15) is 0 Å². The van der Waals surface area contributed by atoms with Crippen LogP contribution < -0.4 is 0 Å². The van der Waals surface area contributed by atoms with Gasteiger partial charge in [0.15, 0.2) is 5.88 Å². The van der Waals surface area contributed by atoms with Crippen LogP contribution in [0.25, 0.3) is 0 Å². The molecule has 0 aromatic carbocycles. The van der Waals surface area contributed by atoms with E-state index in [4.69, 9.17) is 4.74 Å². The maximum absolute atomic E-state index is 5.33. The first-order valence-corrected chi connectivity index (χ1v) is 4.49. The van der Waals surface area contributed by atoms with Crippen LogP contribution in [0.2, 0.25) is 0 Å². The second-order valence-electron chi connectivity index (χ2n) is 3.12. The third-order valence-electron chi connectivity index (χ3n) is 2.17. The van der Waals surface area contributed by atoms with Gasteiger partial charge in [0, 0.05) is 26.2 Å². The van der Waals surface area contributed by atoms with Gasteiger partial charge in [-0.2, -0.15) is 0 Å². The average molecular weight is 170 g/mol. The van der Waals surface area contributed by atoms with E-state index in [2.05, 4.69) is 23.4 Å². The maximum Gasteiger partial charge on any atom is 0.181 e. The zero-order valence-corrected chi connectivity index (χ0v) is 8.05. The lowest BCUT2D eigenvalue weighted by Crippen LogP contribution is -2.44. The summed E-state index contributed by atoms with van der Waals surface area (Å²) in [6.07, 6.45) is 0. The lowest BCUT2D eigenvalue weighted by molar-refractivity contribution is 0.0856. The molecule has 0 spiro atoms. The third-order valence-corrected chi connectivity index (χ3v) is 2.17. The van der Waals surface area contributed by atoms with Gasteiger partial charge in [0.2, 0.25) is 0 Å². The maximum atomic E-state index is 5.33. The molecule has 1 heterocycles. The topological polar surface area (TPSA) is 15.7 Å². The smallest absolute Gasteiger partial charge is 0.181 e. The summed E-state index contributed by atoms with van der Waals surface area (Å²) in [6.45, 7) is 10.9. The van der Waals surface area contributed by atoms with Crippen LogP contribution in [-0.4, -0.2) is 49.6 Å². The van der Waals surface area contributed by atoms with Gasteiger partial charge in [0.25, 0.3) is 0 Å². The summed E-state index contributed by atoms with van der Waals surface area (Å²) in [5.41, 5.74) is 0. The second-order valence-corrected chi connectivity index (χ2v) is 3.12. The first kappa shape index (κ1) is 9.39. The molecule has 1 rings (SSSR count). The fraction of sp³-hybridized carbons (Fsp3) is 0.778. The highest BCUT2D eigenvalue weighted by atomic mass is 16.5. The van der Waals surface area contributed by atoms with Crippen LogP contribution in [0.5, 0.6) is 0 Å². The van der Waals surface area contributed by atoms with E-state index in [1.807, 2.05) is 6.92 Å². The Hall–Kier alpha value is -0.700. The molecule has 1 aliphatic heterocycles. The quantitative estimate of drug-likeness (QED) is 0.581. The van der Waals surface area contributed by atoms with E-state index < -0.39 is 0 Å². The molecular weight excluding hydrogens is 152 g/mol. The first-order valence-electron chi connectivity index (χ1n) is 4.49. The van der Waals surface area contributed by atoms with Crippen molar-refractivity contribution in [2.45, 2.75) is 6.92 Å². The van der Waals surface area contributed by atoms with Crippen LogP contribution in [0, 0.1) is 0 Å². The van der Waals surface area contributed by atoms with Crippen molar-refractivity contribution in [3.63, 3.8) is 0 Å². The van der Waals surface area contributed by atoms with Gasteiger partial charge in [-0.25, -0.2) is 0 Å². The third kappa shape index (κ3) is 2.41. The van der Waals surface area contributed by atoms with Crippen molar-refractivity contribution in [1.82, 2.24) is 9.80 Å². The summed E-state index contributed by atoms with van der Waals surface area (Å²) in [4.78, 5) is 4.51. The molecule has 12 heavy (non-hydrogen) atoms. The summed E-state index contributed by atoms with van der Waals surface area (Å²) >= 11 is 0. The molecule has 0 N–H and O–H groups in total. The summed E-state index contributed by atoms with van der Waals surface area (Å²) in [7, 11) is 2.14. The Kier molecular flexibility index (Phi) is 3.41. The molecule has 0 amide bonds. The number of hydrogen-bond donors (Lipinski definition) is 0. The molecular formula is C9H18N2O. The van der Waals surface area contributed by atoms with Crippen molar-refractivity contribution < 1.29 is 4.74 Å². The molecule has 0 aromatic rings. The van der Waals surface area contributed by atoms with E-state index in [-0.39, 0.29) is 0 Å². The standard InChI is InChI=1S/C9H18N2O/c1-4-12-9(2)11-7-5-10(3)6-8-11/h2,4-8H2,1,3H3. The Bertz CT molecular complexity index is 151. The van der Waals surface area contributed by atoms with E-state index in [0.717, 1.165) is 32.1 Å². The van der Waals surface area contributed by atoms with Crippen molar-refractivity contribution in [1.29, 1.82) is 0 Å². The van der Waals surface area contributed by atoms with Crippen LogP contribution in [0.3, 0.4) is 0 Å². The Morgan fingerprint density at radius 2 is 1.92 bits per heavy atom. The van der Waals surface area contributed by atoms with Crippen LogP contribution >= 0.6 is 0 Å². The lowest BCUT2D eigenvalue weighted by Gasteiger charge is -2.34. The van der Waals surface area contributed by atoms with Gasteiger partial charge in [-0.15, -0.1) is 0 Å². The van der Waals surface area contributed by atoms with Crippen LogP contribution in [0.1, 0.15) is 6.92 Å². The van der Waals surface area contributed by atoms with Gasteiger partial charge >= 0.3 is 0 Å². The molecule has 70 valence electrons. The van der Waals surface area contributed by atoms with E-state index >= 15 is 0 Å². The van der Waals surface area contributed by atoms with Crippen molar-refractivity contribution in [3.05, 3.63) is 12.5 Å². The summed E-state index contributed by atoms with van der Waals surface area (Å²) < 4.78 is 5.33. The van der Waals surface area contributed by atoms with Gasteiger partial charge < -0.3 is 14.5 Å². The van der Waals surface area contributed by atoms with Crippen molar-refractivity contribution >= 4 is 0 Å². The Morgan fingerprint density at radius 3 is 2.42 bits per heavy atom. The predicted molar refractivity (Wildman–Crippen MR) is 49.8 cm³/mol. The minimum absolute atomic E-state index is 0.713. The van der Waals surface area contributed by atoms with Crippen LogP contribution in [-0.2, 0) is 4.74 Å². The van der Waals surface area contributed by atoms with Crippen molar-refractivity contribution in [2.75, 3.05) is 39.8 Å². The highest BCUT2D eigenvalue weighted by molar-refractivity contribution is 4.86. The largest absolute Gasteiger partial charge is 0.480 e. The van der Waals surface area contributed by atoms with E-state index in [0.29, 0.717) is 6.61 Å². The average Bonchev–Trinajstić information content (AvgIpc) is 2.06. The number of rotatable bonds is 3. The number of hydrogen-bond acceptors (Lipinski definition) is 3. The molecule has 3 heteroatoms. The van der Waals surface area contributed by atoms with Gasteiger partial charge in [-0.1, -0.05) is 0 Å². The van der Waals surface area contributed by atoms with Crippen LogP contribution in [0.4, 0.5) is 0 Å². The minimum Gasteiger partial charge on any atom is -0.480 e. The second kappa shape index (κ2) is 4.36. The highest BCUT2D eigenvalue weighted by Crippen LogP contribution is 2.07. The molecule has 1 saturated heterocycles. The highest BCUT2D eigenvalue weighted by Gasteiger charge is 2.14. The van der Waals surface area contributed by atoms with Gasteiger partial charge in [0.1, 0.15) is 0 Å². The zero-order chi connectivity index (χ0) is 8.97. The van der Waals surface area contributed by atoms with E-state index in [1.54, 1.807) is 0 Å². The number of ether oxygens (including phenoxy) is 1. The molecule has 1 aliphatic rings. The van der Waals surface area contributed by atoms with Crippen molar-refractivity contribution in [2.24, 2.45) is 0 Å². The Morgan fingerprint density at radius 1 is 1.33 bits per heavy atom. The lowest BCUT2D eigenvalue weighted by atomic mass is 10.3. The number of nitrogens with zero attached hydrogens (tertiary/aromatic N) is 2. The molecule has 0 radical (unpaired) electrons. The van der Waals surface area contributed by atoms with Gasteiger partial charge in [0.05, 0.1) is 6.61 Å². The summed E-state index contributed by atoms with van der Waals surface area (Å²) in [6, 6.07) is 0. The number of likely N-dealkylation sites (N-methyl/N-ethyl adjacent to an activating group) is 1. The normalized spacial score (nSPS) is 19.3. The fourth-order valence-electron chi connectivity index (χ4n) is 1.31. The monoisotopic (exact) mass is 170 g/mol. The molecule has 0 saturated carbocycles. The minimum atomic E-state index is 0.713. The Balaban J connectivity index is 2.29. The molecule has 0 bridgehead atoms. The van der Waals surface area contributed by atoms with Crippen molar-refractivity contribution in [3.8, 4) is 0 Å². The van der Waals surface area contributed by atoms with Crippen LogP contribution in [0.15, 0.2) is 12.5 Å². The molecule has 0 atom stereocenters. The molecule has 1 fully saturated rings. The number of piperazine rings is 1. The molecule has 0 aromatic heterocycles. The summed E-state index contributed by atoms with van der Waals surface area (Å²) in [5, 5.41) is 0. The molecule has 0 unspecified atom stereocenters. The van der Waals surface area contributed by atoms with Gasteiger partial charge in [-0.3, -0.25) is 0 Å². The fourth-order valence-corrected chi connectivity index (χ4v) is 1.31.